The summed E-state index contributed by atoms with van der Waals surface area (Å²) in [5, 5.41) is 12.3. The third kappa shape index (κ3) is 4.34. The lowest BCUT2D eigenvalue weighted by Crippen LogP contribution is -2.22. The molecule has 1 unspecified atom stereocenters. The van der Waals surface area contributed by atoms with Crippen LogP contribution in [0.4, 0.5) is 0 Å². The molecule has 0 spiro atoms. The van der Waals surface area contributed by atoms with Crippen molar-refractivity contribution in [2.75, 3.05) is 6.54 Å². The molecule has 0 aliphatic heterocycles. The van der Waals surface area contributed by atoms with Crippen LogP contribution in [0.25, 0.3) is 0 Å². The third-order valence-corrected chi connectivity index (χ3v) is 2.93. The first-order chi connectivity index (χ1) is 7.63. The van der Waals surface area contributed by atoms with Crippen molar-refractivity contribution >= 4 is 15.9 Å². The molecular weight excluding hydrogens is 264 g/mol. The van der Waals surface area contributed by atoms with E-state index in [-0.39, 0.29) is 6.04 Å². The summed E-state index contributed by atoms with van der Waals surface area (Å²) in [6.45, 7) is 5.25. The molecule has 0 aliphatic carbocycles. The minimum Gasteiger partial charge on any atom is -0.298 e. The van der Waals surface area contributed by atoms with Crippen LogP contribution in [0, 0.1) is 17.2 Å². The minimum atomic E-state index is -0.202. The molecule has 86 valence electrons. The maximum Gasteiger partial charge on any atom is 0.121 e. The van der Waals surface area contributed by atoms with Crippen molar-refractivity contribution in [2.24, 2.45) is 5.92 Å². The van der Waals surface area contributed by atoms with E-state index >= 15 is 0 Å². The molecule has 0 radical (unpaired) electrons. The second kappa shape index (κ2) is 6.67. The number of hydrogen-bond donors (Lipinski definition) is 1. The van der Waals surface area contributed by atoms with Gasteiger partial charge in [-0.15, -0.1) is 0 Å². The third-order valence-electron chi connectivity index (χ3n) is 2.40. The SMILES string of the molecule is CC(C)CCNC(C#N)c1ccc(Br)cc1. The summed E-state index contributed by atoms with van der Waals surface area (Å²) < 4.78 is 1.04. The Bertz CT molecular complexity index is 351. The fourth-order valence-electron chi connectivity index (χ4n) is 1.41. The highest BCUT2D eigenvalue weighted by molar-refractivity contribution is 9.10. The van der Waals surface area contributed by atoms with Gasteiger partial charge in [-0.25, -0.2) is 0 Å². The Kier molecular flexibility index (Phi) is 5.51. The Labute approximate surface area is 106 Å². The van der Waals surface area contributed by atoms with E-state index in [0.717, 1.165) is 23.0 Å². The van der Waals surface area contributed by atoms with Gasteiger partial charge < -0.3 is 0 Å². The van der Waals surface area contributed by atoms with E-state index in [1.165, 1.54) is 0 Å². The lowest BCUT2D eigenvalue weighted by Gasteiger charge is -2.12. The normalized spacial score (nSPS) is 12.4. The quantitative estimate of drug-likeness (QED) is 0.894. The Balaban J connectivity index is 2.55. The number of rotatable bonds is 5. The smallest absolute Gasteiger partial charge is 0.121 e. The van der Waals surface area contributed by atoms with Gasteiger partial charge >= 0.3 is 0 Å². The molecule has 0 heterocycles. The maximum atomic E-state index is 9.09. The number of halogens is 1. The summed E-state index contributed by atoms with van der Waals surface area (Å²) in [6.07, 6.45) is 1.09. The summed E-state index contributed by atoms with van der Waals surface area (Å²) in [5.41, 5.74) is 1.02. The van der Waals surface area contributed by atoms with Crippen LogP contribution in [0.5, 0.6) is 0 Å². The highest BCUT2D eigenvalue weighted by Gasteiger charge is 2.09. The van der Waals surface area contributed by atoms with E-state index in [1.807, 2.05) is 24.3 Å². The fourth-order valence-corrected chi connectivity index (χ4v) is 1.67. The van der Waals surface area contributed by atoms with Crippen molar-refractivity contribution in [3.05, 3.63) is 34.3 Å². The van der Waals surface area contributed by atoms with Gasteiger partial charge in [0.1, 0.15) is 6.04 Å². The molecule has 1 rings (SSSR count). The van der Waals surface area contributed by atoms with Crippen molar-refractivity contribution in [1.29, 1.82) is 5.26 Å². The fraction of sp³-hybridized carbons (Fsp3) is 0.462. The largest absolute Gasteiger partial charge is 0.298 e. The van der Waals surface area contributed by atoms with Crippen LogP contribution in [-0.4, -0.2) is 6.54 Å². The minimum absolute atomic E-state index is 0.202. The Hall–Kier alpha value is -0.850. The van der Waals surface area contributed by atoms with Gasteiger partial charge in [-0.3, -0.25) is 5.32 Å². The van der Waals surface area contributed by atoms with Gasteiger partial charge in [0.25, 0.3) is 0 Å². The monoisotopic (exact) mass is 280 g/mol. The summed E-state index contributed by atoms with van der Waals surface area (Å²) in [7, 11) is 0. The molecule has 2 nitrogen and oxygen atoms in total. The molecule has 1 aromatic rings. The van der Waals surface area contributed by atoms with Crippen molar-refractivity contribution < 1.29 is 0 Å². The standard InChI is InChI=1S/C13H17BrN2/c1-10(2)7-8-16-13(9-15)11-3-5-12(14)6-4-11/h3-6,10,13,16H,7-8H2,1-2H3. The van der Waals surface area contributed by atoms with E-state index in [0.29, 0.717) is 5.92 Å². The Morgan fingerprint density at radius 1 is 1.31 bits per heavy atom. The molecule has 0 aromatic heterocycles. The van der Waals surface area contributed by atoms with Gasteiger partial charge in [0.2, 0.25) is 0 Å². The van der Waals surface area contributed by atoms with Crippen LogP contribution in [0.2, 0.25) is 0 Å². The Morgan fingerprint density at radius 3 is 2.44 bits per heavy atom. The lowest BCUT2D eigenvalue weighted by atomic mass is 10.1. The van der Waals surface area contributed by atoms with E-state index < -0.39 is 0 Å². The summed E-state index contributed by atoms with van der Waals surface area (Å²) in [4.78, 5) is 0. The van der Waals surface area contributed by atoms with Gasteiger partial charge in [-0.05, 0) is 36.6 Å². The van der Waals surface area contributed by atoms with Gasteiger partial charge in [0.15, 0.2) is 0 Å². The van der Waals surface area contributed by atoms with E-state index in [9.17, 15) is 0 Å². The summed E-state index contributed by atoms with van der Waals surface area (Å²) >= 11 is 3.38. The van der Waals surface area contributed by atoms with Crippen LogP contribution < -0.4 is 5.32 Å². The molecule has 0 amide bonds. The van der Waals surface area contributed by atoms with Crippen molar-refractivity contribution in [3.8, 4) is 6.07 Å². The van der Waals surface area contributed by atoms with E-state index in [4.69, 9.17) is 5.26 Å². The molecule has 0 aliphatic rings. The second-order valence-electron chi connectivity index (χ2n) is 4.25. The molecule has 3 heteroatoms. The molecule has 0 fully saturated rings. The number of hydrogen-bond acceptors (Lipinski definition) is 2. The molecule has 0 bridgehead atoms. The lowest BCUT2D eigenvalue weighted by molar-refractivity contribution is 0.519. The van der Waals surface area contributed by atoms with Crippen LogP contribution in [0.15, 0.2) is 28.7 Å². The van der Waals surface area contributed by atoms with Crippen molar-refractivity contribution in [3.63, 3.8) is 0 Å². The number of nitrogens with zero attached hydrogens (tertiary/aromatic N) is 1. The molecule has 1 N–H and O–H groups in total. The first kappa shape index (κ1) is 13.2. The molecular formula is C13H17BrN2. The molecule has 0 saturated carbocycles. The van der Waals surface area contributed by atoms with Gasteiger partial charge in [0.05, 0.1) is 6.07 Å². The van der Waals surface area contributed by atoms with Crippen LogP contribution in [0.3, 0.4) is 0 Å². The zero-order chi connectivity index (χ0) is 12.0. The zero-order valence-corrected chi connectivity index (χ0v) is 11.3. The van der Waals surface area contributed by atoms with Gasteiger partial charge in [-0.1, -0.05) is 41.9 Å². The first-order valence-electron chi connectivity index (χ1n) is 5.52. The highest BCUT2D eigenvalue weighted by Crippen LogP contribution is 2.16. The number of benzene rings is 1. The van der Waals surface area contributed by atoms with Crippen LogP contribution in [-0.2, 0) is 0 Å². The number of nitriles is 1. The van der Waals surface area contributed by atoms with Gasteiger partial charge in [-0.2, -0.15) is 5.26 Å². The molecule has 16 heavy (non-hydrogen) atoms. The average molecular weight is 281 g/mol. The van der Waals surface area contributed by atoms with E-state index in [1.54, 1.807) is 0 Å². The topological polar surface area (TPSA) is 35.8 Å². The molecule has 0 saturated heterocycles. The molecule has 1 aromatic carbocycles. The molecule has 1 atom stereocenters. The van der Waals surface area contributed by atoms with Crippen molar-refractivity contribution in [2.45, 2.75) is 26.3 Å². The van der Waals surface area contributed by atoms with E-state index in [2.05, 4.69) is 41.2 Å². The van der Waals surface area contributed by atoms with Gasteiger partial charge in [0, 0.05) is 4.47 Å². The summed E-state index contributed by atoms with van der Waals surface area (Å²) in [6, 6.07) is 9.95. The number of nitrogens with one attached hydrogen (secondary N) is 1. The second-order valence-corrected chi connectivity index (χ2v) is 5.17. The first-order valence-corrected chi connectivity index (χ1v) is 6.31. The van der Waals surface area contributed by atoms with Crippen LogP contribution in [0.1, 0.15) is 31.9 Å². The van der Waals surface area contributed by atoms with Crippen molar-refractivity contribution in [1.82, 2.24) is 5.32 Å². The predicted octanol–water partition coefficient (Wildman–Crippen LogP) is 3.65. The average Bonchev–Trinajstić information content (AvgIpc) is 2.26. The predicted molar refractivity (Wildman–Crippen MR) is 70.0 cm³/mol. The highest BCUT2D eigenvalue weighted by atomic mass is 79.9. The van der Waals surface area contributed by atoms with Crippen LogP contribution >= 0.6 is 15.9 Å². The zero-order valence-electron chi connectivity index (χ0n) is 9.70. The maximum absolute atomic E-state index is 9.09. The summed E-state index contributed by atoms with van der Waals surface area (Å²) in [5.74, 6) is 0.664. The Morgan fingerprint density at radius 2 is 1.94 bits per heavy atom.